The van der Waals surface area contributed by atoms with Crippen molar-refractivity contribution in [3.05, 3.63) is 38.3 Å². The SMILES string of the molecule is Cc1n[nH]c(C)c1C(C)CC(=O)NCC(O)c1ccc(Cl)s1. The molecule has 0 bridgehead atoms. The van der Waals surface area contributed by atoms with Gasteiger partial charge in [0.05, 0.1) is 10.0 Å². The molecule has 0 aromatic carbocycles. The minimum absolute atomic E-state index is 0.0760. The number of aliphatic hydroxyl groups excluding tert-OH is 1. The van der Waals surface area contributed by atoms with E-state index in [4.69, 9.17) is 11.6 Å². The Morgan fingerprint density at radius 2 is 2.23 bits per heavy atom. The number of H-pyrrole nitrogens is 1. The van der Waals surface area contributed by atoms with Crippen LogP contribution in [0.4, 0.5) is 0 Å². The fraction of sp³-hybridized carbons (Fsp3) is 0.467. The molecule has 0 saturated heterocycles. The average Bonchev–Trinajstić information content (AvgIpc) is 3.02. The van der Waals surface area contributed by atoms with Crippen LogP contribution in [0.25, 0.3) is 0 Å². The summed E-state index contributed by atoms with van der Waals surface area (Å²) >= 11 is 7.15. The maximum Gasteiger partial charge on any atom is 0.220 e. The van der Waals surface area contributed by atoms with Gasteiger partial charge in [-0.1, -0.05) is 18.5 Å². The Morgan fingerprint density at radius 3 is 2.77 bits per heavy atom. The zero-order valence-corrected chi connectivity index (χ0v) is 14.4. The van der Waals surface area contributed by atoms with Crippen LogP contribution in [-0.4, -0.2) is 27.8 Å². The maximum absolute atomic E-state index is 12.0. The Balaban J connectivity index is 1.85. The predicted octanol–water partition coefficient (Wildman–Crippen LogP) is 3.08. The van der Waals surface area contributed by atoms with Crippen LogP contribution in [0.3, 0.4) is 0 Å². The van der Waals surface area contributed by atoms with Crippen LogP contribution in [0.5, 0.6) is 0 Å². The summed E-state index contributed by atoms with van der Waals surface area (Å²) in [5.74, 6) is -0.0127. The zero-order valence-electron chi connectivity index (χ0n) is 12.8. The van der Waals surface area contributed by atoms with Crippen LogP contribution in [-0.2, 0) is 4.79 Å². The van der Waals surface area contributed by atoms with E-state index in [2.05, 4.69) is 15.5 Å². The van der Waals surface area contributed by atoms with E-state index < -0.39 is 6.10 Å². The Morgan fingerprint density at radius 1 is 1.50 bits per heavy atom. The van der Waals surface area contributed by atoms with Crippen LogP contribution in [0.2, 0.25) is 4.34 Å². The van der Waals surface area contributed by atoms with Crippen molar-refractivity contribution in [2.75, 3.05) is 6.54 Å². The summed E-state index contributed by atoms with van der Waals surface area (Å²) in [7, 11) is 0. The van der Waals surface area contributed by atoms with Crippen molar-refractivity contribution < 1.29 is 9.90 Å². The van der Waals surface area contributed by atoms with Gasteiger partial charge >= 0.3 is 0 Å². The number of aromatic amines is 1. The number of aromatic nitrogens is 2. The highest BCUT2D eigenvalue weighted by molar-refractivity contribution is 7.16. The van der Waals surface area contributed by atoms with Gasteiger partial charge in [-0.25, -0.2) is 0 Å². The van der Waals surface area contributed by atoms with Crippen LogP contribution in [0, 0.1) is 13.8 Å². The topological polar surface area (TPSA) is 78.0 Å². The number of carbonyl (C=O) groups excluding carboxylic acids is 1. The van der Waals surface area contributed by atoms with E-state index in [0.717, 1.165) is 21.8 Å². The molecule has 2 atom stereocenters. The van der Waals surface area contributed by atoms with E-state index in [0.29, 0.717) is 10.8 Å². The second kappa shape index (κ2) is 7.26. The molecule has 0 aliphatic carbocycles. The predicted molar refractivity (Wildman–Crippen MR) is 88.4 cm³/mol. The second-order valence-corrected chi connectivity index (χ2v) is 7.16. The van der Waals surface area contributed by atoms with Gasteiger partial charge in [-0.15, -0.1) is 11.3 Å². The first kappa shape index (κ1) is 17.0. The fourth-order valence-corrected chi connectivity index (χ4v) is 3.60. The van der Waals surface area contributed by atoms with E-state index in [1.807, 2.05) is 20.8 Å². The Kier molecular flexibility index (Phi) is 5.61. The molecule has 2 unspecified atom stereocenters. The van der Waals surface area contributed by atoms with Crippen LogP contribution in [0.15, 0.2) is 12.1 Å². The van der Waals surface area contributed by atoms with Crippen molar-refractivity contribution in [2.45, 2.75) is 39.2 Å². The largest absolute Gasteiger partial charge is 0.386 e. The van der Waals surface area contributed by atoms with Gasteiger partial charge in [0.1, 0.15) is 6.10 Å². The number of hydrogen-bond acceptors (Lipinski definition) is 4. The van der Waals surface area contributed by atoms with Crippen molar-refractivity contribution in [2.24, 2.45) is 0 Å². The average molecular weight is 342 g/mol. The van der Waals surface area contributed by atoms with E-state index in [9.17, 15) is 9.90 Å². The molecular formula is C15H20ClN3O2S. The van der Waals surface area contributed by atoms with Crippen molar-refractivity contribution >= 4 is 28.8 Å². The number of halogens is 1. The second-order valence-electron chi connectivity index (χ2n) is 5.41. The maximum atomic E-state index is 12.0. The van der Waals surface area contributed by atoms with E-state index >= 15 is 0 Å². The fourth-order valence-electron chi connectivity index (χ4n) is 2.56. The highest BCUT2D eigenvalue weighted by atomic mass is 35.5. The first-order chi connectivity index (χ1) is 10.4. The minimum Gasteiger partial charge on any atom is -0.386 e. The quantitative estimate of drug-likeness (QED) is 0.755. The molecule has 120 valence electrons. The first-order valence-electron chi connectivity index (χ1n) is 7.10. The smallest absolute Gasteiger partial charge is 0.220 e. The molecule has 2 rings (SSSR count). The molecule has 2 aromatic rings. The normalized spacial score (nSPS) is 13.9. The van der Waals surface area contributed by atoms with Gasteiger partial charge in [-0.3, -0.25) is 9.89 Å². The lowest BCUT2D eigenvalue weighted by Crippen LogP contribution is -2.29. The van der Waals surface area contributed by atoms with Crippen molar-refractivity contribution in [1.29, 1.82) is 0 Å². The number of aryl methyl sites for hydroxylation is 2. The van der Waals surface area contributed by atoms with E-state index in [1.54, 1.807) is 12.1 Å². The molecule has 0 aliphatic rings. The summed E-state index contributed by atoms with van der Waals surface area (Å²) in [6.07, 6.45) is -0.367. The summed E-state index contributed by atoms with van der Waals surface area (Å²) < 4.78 is 0.625. The van der Waals surface area contributed by atoms with Crippen LogP contribution < -0.4 is 5.32 Å². The molecule has 5 nitrogen and oxygen atoms in total. The van der Waals surface area contributed by atoms with Crippen molar-refractivity contribution in [3.63, 3.8) is 0 Å². The highest BCUT2D eigenvalue weighted by Crippen LogP contribution is 2.27. The van der Waals surface area contributed by atoms with Gasteiger partial charge in [0.15, 0.2) is 0 Å². The Hall–Kier alpha value is -1.37. The molecule has 2 aromatic heterocycles. The molecule has 7 heteroatoms. The van der Waals surface area contributed by atoms with Crippen LogP contribution >= 0.6 is 22.9 Å². The number of rotatable bonds is 6. The summed E-state index contributed by atoms with van der Waals surface area (Å²) in [5.41, 5.74) is 3.00. The molecule has 22 heavy (non-hydrogen) atoms. The molecular weight excluding hydrogens is 322 g/mol. The van der Waals surface area contributed by atoms with E-state index in [-0.39, 0.29) is 18.4 Å². The monoisotopic (exact) mass is 341 g/mol. The Bertz CT molecular complexity index is 634. The third-order valence-electron chi connectivity index (χ3n) is 3.58. The van der Waals surface area contributed by atoms with E-state index in [1.165, 1.54) is 11.3 Å². The minimum atomic E-state index is -0.728. The van der Waals surface area contributed by atoms with Gasteiger partial charge in [-0.05, 0) is 37.5 Å². The summed E-state index contributed by atoms with van der Waals surface area (Å²) in [6.45, 7) is 6.07. The molecule has 0 saturated carbocycles. The van der Waals surface area contributed by atoms with Gasteiger partial charge in [0, 0.05) is 23.5 Å². The summed E-state index contributed by atoms with van der Waals surface area (Å²) in [4.78, 5) is 12.8. The molecule has 0 spiro atoms. The summed E-state index contributed by atoms with van der Waals surface area (Å²) in [5, 5.41) is 19.9. The molecule has 1 amide bonds. The Labute approximate surface area is 138 Å². The van der Waals surface area contributed by atoms with Gasteiger partial charge in [0.2, 0.25) is 5.91 Å². The number of thiophene rings is 1. The molecule has 2 heterocycles. The zero-order chi connectivity index (χ0) is 16.3. The van der Waals surface area contributed by atoms with Crippen molar-refractivity contribution in [1.82, 2.24) is 15.5 Å². The lowest BCUT2D eigenvalue weighted by molar-refractivity contribution is -0.121. The van der Waals surface area contributed by atoms with Crippen LogP contribution in [0.1, 0.15) is 47.2 Å². The number of carbonyl (C=O) groups is 1. The number of aliphatic hydroxyl groups is 1. The standard InChI is InChI=1S/C15H20ClN3O2S/c1-8(15-9(2)18-19-10(15)3)6-14(21)17-7-11(20)12-4-5-13(16)22-12/h4-5,8,11,20H,6-7H2,1-3H3,(H,17,21)(H,18,19). The molecule has 3 N–H and O–H groups in total. The molecule has 0 fully saturated rings. The molecule has 0 aliphatic heterocycles. The first-order valence-corrected chi connectivity index (χ1v) is 8.29. The third-order valence-corrected chi connectivity index (χ3v) is 4.92. The number of nitrogens with one attached hydrogen (secondary N) is 2. The van der Waals surface area contributed by atoms with Gasteiger partial charge < -0.3 is 10.4 Å². The van der Waals surface area contributed by atoms with Gasteiger partial charge in [0.25, 0.3) is 0 Å². The lowest BCUT2D eigenvalue weighted by Gasteiger charge is -2.14. The lowest BCUT2D eigenvalue weighted by atomic mass is 9.95. The number of hydrogen-bond donors (Lipinski definition) is 3. The summed E-state index contributed by atoms with van der Waals surface area (Å²) in [6, 6.07) is 3.50. The third kappa shape index (κ3) is 4.09. The highest BCUT2D eigenvalue weighted by Gasteiger charge is 2.18. The number of amides is 1. The molecule has 0 radical (unpaired) electrons. The number of nitrogens with zero attached hydrogens (tertiary/aromatic N) is 1. The van der Waals surface area contributed by atoms with Crippen molar-refractivity contribution in [3.8, 4) is 0 Å². The van der Waals surface area contributed by atoms with Gasteiger partial charge in [-0.2, -0.15) is 5.10 Å².